The molecule has 1 nitrogen and oxygen atoms in total. The van der Waals surface area contributed by atoms with Crippen molar-refractivity contribution in [3.63, 3.8) is 0 Å². The average Bonchev–Trinajstić information content (AvgIpc) is 2.15. The number of hydrogen-bond donors (Lipinski definition) is 0. The molecule has 0 saturated heterocycles. The van der Waals surface area contributed by atoms with Crippen LogP contribution in [0, 0.1) is 17.3 Å². The summed E-state index contributed by atoms with van der Waals surface area (Å²) < 4.78 is 0. The molecule has 0 aliphatic heterocycles. The molecule has 0 heterocycles. The standard InChI is InChI=1S/C16H35N/c1-14(2)15(3)10-8-12-17(7)13-9-11-16(4,5)6/h14-15H,8-13H2,1-7H3. The number of nitrogens with zero attached hydrogens (tertiary/aromatic N) is 1. The van der Waals surface area contributed by atoms with Gasteiger partial charge in [-0.25, -0.2) is 0 Å². The van der Waals surface area contributed by atoms with Crippen LogP contribution in [0.5, 0.6) is 0 Å². The summed E-state index contributed by atoms with van der Waals surface area (Å²) in [4.78, 5) is 2.50. The lowest BCUT2D eigenvalue weighted by molar-refractivity contribution is 0.271. The Hall–Kier alpha value is -0.0400. The van der Waals surface area contributed by atoms with Gasteiger partial charge in [-0.15, -0.1) is 0 Å². The van der Waals surface area contributed by atoms with Crippen molar-refractivity contribution in [2.45, 2.75) is 67.2 Å². The van der Waals surface area contributed by atoms with Gasteiger partial charge in [0, 0.05) is 0 Å². The lowest BCUT2D eigenvalue weighted by Crippen LogP contribution is -2.22. The van der Waals surface area contributed by atoms with Crippen molar-refractivity contribution < 1.29 is 0 Å². The van der Waals surface area contributed by atoms with Crippen LogP contribution in [-0.4, -0.2) is 25.0 Å². The van der Waals surface area contributed by atoms with Gasteiger partial charge in [-0.2, -0.15) is 0 Å². The first-order chi connectivity index (χ1) is 7.72. The second kappa shape index (κ2) is 8.13. The predicted molar refractivity (Wildman–Crippen MR) is 79.4 cm³/mol. The minimum absolute atomic E-state index is 0.493. The fraction of sp³-hybridized carbons (Fsp3) is 1.00. The van der Waals surface area contributed by atoms with E-state index in [9.17, 15) is 0 Å². The smallest absolute Gasteiger partial charge is 0.00216 e. The first-order valence-electron chi connectivity index (χ1n) is 7.41. The van der Waals surface area contributed by atoms with Gasteiger partial charge in [-0.3, -0.25) is 0 Å². The zero-order valence-electron chi connectivity index (χ0n) is 13.3. The van der Waals surface area contributed by atoms with Crippen LogP contribution in [0.3, 0.4) is 0 Å². The van der Waals surface area contributed by atoms with Gasteiger partial charge in [0.25, 0.3) is 0 Å². The van der Waals surface area contributed by atoms with Crippen LogP contribution < -0.4 is 0 Å². The molecule has 0 aromatic heterocycles. The van der Waals surface area contributed by atoms with Crippen molar-refractivity contribution in [1.82, 2.24) is 4.90 Å². The average molecular weight is 241 g/mol. The SMILES string of the molecule is CC(C)C(C)CCCN(C)CCCC(C)(C)C. The Kier molecular flexibility index (Phi) is 8.11. The summed E-state index contributed by atoms with van der Waals surface area (Å²) in [6.45, 7) is 16.6. The lowest BCUT2D eigenvalue weighted by Gasteiger charge is -2.22. The van der Waals surface area contributed by atoms with E-state index < -0.39 is 0 Å². The fourth-order valence-electron chi connectivity index (χ4n) is 2.01. The van der Waals surface area contributed by atoms with E-state index in [1.165, 1.54) is 38.8 Å². The Morgan fingerprint density at radius 1 is 0.941 bits per heavy atom. The third kappa shape index (κ3) is 10.8. The minimum Gasteiger partial charge on any atom is -0.306 e. The summed E-state index contributed by atoms with van der Waals surface area (Å²) in [6, 6.07) is 0. The molecule has 1 atom stereocenters. The summed E-state index contributed by atoms with van der Waals surface area (Å²) in [5.41, 5.74) is 0.493. The van der Waals surface area contributed by atoms with E-state index >= 15 is 0 Å². The van der Waals surface area contributed by atoms with Gasteiger partial charge in [0.15, 0.2) is 0 Å². The van der Waals surface area contributed by atoms with E-state index in [0.29, 0.717) is 5.41 Å². The van der Waals surface area contributed by atoms with Gasteiger partial charge >= 0.3 is 0 Å². The van der Waals surface area contributed by atoms with Crippen molar-refractivity contribution in [2.75, 3.05) is 20.1 Å². The normalized spacial score (nSPS) is 14.6. The molecule has 0 bridgehead atoms. The second-order valence-electron chi connectivity index (χ2n) is 7.33. The van der Waals surface area contributed by atoms with E-state index in [0.717, 1.165) is 11.8 Å². The molecule has 104 valence electrons. The first-order valence-corrected chi connectivity index (χ1v) is 7.41. The molecule has 1 unspecified atom stereocenters. The van der Waals surface area contributed by atoms with E-state index in [-0.39, 0.29) is 0 Å². The van der Waals surface area contributed by atoms with Gasteiger partial charge in [0.1, 0.15) is 0 Å². The topological polar surface area (TPSA) is 3.24 Å². The molecule has 0 aliphatic rings. The summed E-state index contributed by atoms with van der Waals surface area (Å²) >= 11 is 0. The zero-order chi connectivity index (χ0) is 13.5. The van der Waals surface area contributed by atoms with E-state index in [1.54, 1.807) is 0 Å². The molecular weight excluding hydrogens is 206 g/mol. The van der Waals surface area contributed by atoms with Crippen LogP contribution >= 0.6 is 0 Å². The zero-order valence-corrected chi connectivity index (χ0v) is 13.3. The van der Waals surface area contributed by atoms with Crippen molar-refractivity contribution in [3.05, 3.63) is 0 Å². The molecule has 1 heteroatoms. The van der Waals surface area contributed by atoms with Crippen molar-refractivity contribution in [3.8, 4) is 0 Å². The van der Waals surface area contributed by atoms with Crippen molar-refractivity contribution in [1.29, 1.82) is 0 Å². The number of hydrogen-bond acceptors (Lipinski definition) is 1. The summed E-state index contributed by atoms with van der Waals surface area (Å²) in [7, 11) is 2.27. The summed E-state index contributed by atoms with van der Waals surface area (Å²) in [5, 5.41) is 0. The highest BCUT2D eigenvalue weighted by Gasteiger charge is 2.10. The largest absolute Gasteiger partial charge is 0.306 e. The third-order valence-electron chi connectivity index (χ3n) is 3.80. The van der Waals surface area contributed by atoms with Gasteiger partial charge in [-0.05, 0) is 63.1 Å². The highest BCUT2D eigenvalue weighted by Crippen LogP contribution is 2.20. The third-order valence-corrected chi connectivity index (χ3v) is 3.80. The van der Waals surface area contributed by atoms with Gasteiger partial charge in [0.05, 0.1) is 0 Å². The fourth-order valence-corrected chi connectivity index (χ4v) is 2.01. The monoisotopic (exact) mass is 241 g/mol. The van der Waals surface area contributed by atoms with Gasteiger partial charge < -0.3 is 4.90 Å². The Balaban J connectivity index is 3.50. The molecule has 0 fully saturated rings. The van der Waals surface area contributed by atoms with Crippen LogP contribution in [-0.2, 0) is 0 Å². The van der Waals surface area contributed by atoms with Crippen LogP contribution in [0.15, 0.2) is 0 Å². The lowest BCUT2D eigenvalue weighted by atomic mass is 9.90. The van der Waals surface area contributed by atoms with Crippen LogP contribution in [0.4, 0.5) is 0 Å². The molecule has 0 aromatic carbocycles. The van der Waals surface area contributed by atoms with Gasteiger partial charge in [0.2, 0.25) is 0 Å². The summed E-state index contributed by atoms with van der Waals surface area (Å²) in [6.07, 6.45) is 5.39. The van der Waals surface area contributed by atoms with E-state index in [1.807, 2.05) is 0 Å². The molecule has 0 aromatic rings. The molecule has 0 rings (SSSR count). The Bertz CT molecular complexity index is 178. The Labute approximate surface area is 110 Å². The second-order valence-corrected chi connectivity index (χ2v) is 7.33. The Morgan fingerprint density at radius 2 is 1.47 bits per heavy atom. The van der Waals surface area contributed by atoms with Crippen molar-refractivity contribution in [2.24, 2.45) is 17.3 Å². The maximum atomic E-state index is 2.50. The maximum absolute atomic E-state index is 2.50. The first kappa shape index (κ1) is 17.0. The van der Waals surface area contributed by atoms with Crippen molar-refractivity contribution >= 4 is 0 Å². The number of rotatable bonds is 8. The molecule has 17 heavy (non-hydrogen) atoms. The van der Waals surface area contributed by atoms with Gasteiger partial charge in [-0.1, -0.05) is 41.5 Å². The minimum atomic E-state index is 0.493. The molecule has 0 spiro atoms. The predicted octanol–water partition coefficient (Wildman–Crippen LogP) is 4.82. The van der Waals surface area contributed by atoms with Crippen LogP contribution in [0.1, 0.15) is 67.2 Å². The van der Waals surface area contributed by atoms with Crippen LogP contribution in [0.2, 0.25) is 0 Å². The highest BCUT2D eigenvalue weighted by molar-refractivity contribution is 4.64. The maximum Gasteiger partial charge on any atom is -0.00216 e. The summed E-state index contributed by atoms with van der Waals surface area (Å²) in [5.74, 6) is 1.71. The quantitative estimate of drug-likeness (QED) is 0.589. The molecule has 0 radical (unpaired) electrons. The molecule has 0 aliphatic carbocycles. The molecule has 0 saturated carbocycles. The molecule has 0 N–H and O–H groups in total. The van der Waals surface area contributed by atoms with E-state index in [2.05, 4.69) is 53.5 Å². The van der Waals surface area contributed by atoms with E-state index in [4.69, 9.17) is 0 Å². The molecule has 0 amide bonds. The van der Waals surface area contributed by atoms with Crippen LogP contribution in [0.25, 0.3) is 0 Å². The molecular formula is C16H35N. The Morgan fingerprint density at radius 3 is 1.94 bits per heavy atom. The highest BCUT2D eigenvalue weighted by atomic mass is 15.1.